The third kappa shape index (κ3) is 3.23. The average Bonchev–Trinajstić information content (AvgIpc) is 2.09. The SMILES string of the molecule is Cc1ccc(NC(=O)CON)cc1. The summed E-state index contributed by atoms with van der Waals surface area (Å²) in [6, 6.07) is 7.48. The molecule has 1 aromatic carbocycles. The Labute approximate surface area is 76.6 Å². The molecule has 0 heterocycles. The minimum Gasteiger partial charge on any atom is -0.324 e. The maximum absolute atomic E-state index is 11.0. The van der Waals surface area contributed by atoms with E-state index in [9.17, 15) is 4.79 Å². The average molecular weight is 180 g/mol. The van der Waals surface area contributed by atoms with Crippen LogP contribution < -0.4 is 11.2 Å². The van der Waals surface area contributed by atoms with Crippen molar-refractivity contribution in [3.63, 3.8) is 0 Å². The Morgan fingerprint density at radius 1 is 1.46 bits per heavy atom. The van der Waals surface area contributed by atoms with Gasteiger partial charge in [0.15, 0.2) is 0 Å². The van der Waals surface area contributed by atoms with Crippen molar-refractivity contribution in [3.8, 4) is 0 Å². The number of hydrogen-bond donors (Lipinski definition) is 2. The first-order chi connectivity index (χ1) is 6.22. The van der Waals surface area contributed by atoms with Crippen LogP contribution in [0.25, 0.3) is 0 Å². The van der Waals surface area contributed by atoms with Crippen molar-refractivity contribution in [3.05, 3.63) is 29.8 Å². The molecule has 3 N–H and O–H groups in total. The van der Waals surface area contributed by atoms with Crippen LogP contribution in [0.15, 0.2) is 24.3 Å². The quantitative estimate of drug-likeness (QED) is 0.677. The summed E-state index contributed by atoms with van der Waals surface area (Å²) in [7, 11) is 0. The number of carbonyl (C=O) groups is 1. The van der Waals surface area contributed by atoms with E-state index >= 15 is 0 Å². The zero-order valence-electron chi connectivity index (χ0n) is 7.41. The Morgan fingerprint density at radius 2 is 2.08 bits per heavy atom. The number of hydrogen-bond acceptors (Lipinski definition) is 3. The molecule has 4 nitrogen and oxygen atoms in total. The molecular formula is C9H12N2O2. The highest BCUT2D eigenvalue weighted by Crippen LogP contribution is 2.07. The van der Waals surface area contributed by atoms with E-state index in [0.29, 0.717) is 0 Å². The first-order valence-electron chi connectivity index (χ1n) is 3.90. The van der Waals surface area contributed by atoms with Gasteiger partial charge in [0, 0.05) is 5.69 Å². The number of aryl methyl sites for hydroxylation is 1. The first kappa shape index (κ1) is 9.70. The standard InChI is InChI=1S/C9H12N2O2/c1-7-2-4-8(5-3-7)11-9(12)6-13-10/h2-5H,6,10H2,1H3,(H,11,12). The highest BCUT2D eigenvalue weighted by Gasteiger charge is 2.00. The second-order valence-corrected chi connectivity index (χ2v) is 2.73. The Balaban J connectivity index is 2.54. The Morgan fingerprint density at radius 3 is 2.62 bits per heavy atom. The van der Waals surface area contributed by atoms with Crippen LogP contribution in [0.5, 0.6) is 0 Å². The molecule has 1 aromatic rings. The third-order valence-corrected chi connectivity index (χ3v) is 1.55. The summed E-state index contributed by atoms with van der Waals surface area (Å²) in [4.78, 5) is 15.2. The van der Waals surface area contributed by atoms with Gasteiger partial charge in [-0.05, 0) is 19.1 Å². The van der Waals surface area contributed by atoms with Gasteiger partial charge in [0.2, 0.25) is 0 Å². The molecule has 0 spiro atoms. The molecule has 0 radical (unpaired) electrons. The van der Waals surface area contributed by atoms with Crippen molar-refractivity contribution >= 4 is 11.6 Å². The Kier molecular flexibility index (Phi) is 3.42. The molecule has 70 valence electrons. The van der Waals surface area contributed by atoms with Gasteiger partial charge in [-0.3, -0.25) is 9.63 Å². The van der Waals surface area contributed by atoms with Gasteiger partial charge in [0.05, 0.1) is 0 Å². The summed E-state index contributed by atoms with van der Waals surface area (Å²) in [5.41, 5.74) is 1.89. The molecule has 0 atom stereocenters. The van der Waals surface area contributed by atoms with Crippen LogP contribution in [0.3, 0.4) is 0 Å². The summed E-state index contributed by atoms with van der Waals surface area (Å²) in [6.45, 7) is 1.85. The van der Waals surface area contributed by atoms with E-state index in [0.717, 1.165) is 11.3 Å². The number of anilines is 1. The van der Waals surface area contributed by atoms with Gasteiger partial charge in [-0.15, -0.1) is 0 Å². The second-order valence-electron chi connectivity index (χ2n) is 2.73. The maximum Gasteiger partial charge on any atom is 0.252 e. The van der Waals surface area contributed by atoms with Gasteiger partial charge in [-0.25, -0.2) is 5.90 Å². The van der Waals surface area contributed by atoms with Crippen LogP contribution >= 0.6 is 0 Å². The lowest BCUT2D eigenvalue weighted by Gasteiger charge is -2.03. The van der Waals surface area contributed by atoms with Crippen LogP contribution in [-0.2, 0) is 9.63 Å². The molecule has 0 aromatic heterocycles. The van der Waals surface area contributed by atoms with E-state index in [4.69, 9.17) is 5.90 Å². The molecule has 0 aliphatic heterocycles. The molecule has 1 amide bonds. The van der Waals surface area contributed by atoms with Crippen molar-refractivity contribution in [1.82, 2.24) is 0 Å². The molecule has 0 saturated heterocycles. The third-order valence-electron chi connectivity index (χ3n) is 1.55. The van der Waals surface area contributed by atoms with Crippen molar-refractivity contribution < 1.29 is 9.63 Å². The summed E-state index contributed by atoms with van der Waals surface area (Å²) < 4.78 is 0. The molecule has 0 fully saturated rings. The van der Waals surface area contributed by atoms with Gasteiger partial charge in [-0.1, -0.05) is 17.7 Å². The van der Waals surface area contributed by atoms with Crippen molar-refractivity contribution in [1.29, 1.82) is 0 Å². The summed E-state index contributed by atoms with van der Waals surface area (Å²) in [6.07, 6.45) is 0. The van der Waals surface area contributed by atoms with Gasteiger partial charge in [0.25, 0.3) is 5.91 Å². The van der Waals surface area contributed by atoms with E-state index in [-0.39, 0.29) is 12.5 Å². The smallest absolute Gasteiger partial charge is 0.252 e. The molecule has 0 unspecified atom stereocenters. The maximum atomic E-state index is 11.0. The molecule has 13 heavy (non-hydrogen) atoms. The highest BCUT2D eigenvalue weighted by atomic mass is 16.6. The van der Waals surface area contributed by atoms with Crippen molar-refractivity contribution in [2.24, 2.45) is 5.90 Å². The topological polar surface area (TPSA) is 64.3 Å². The van der Waals surface area contributed by atoms with Gasteiger partial charge < -0.3 is 5.32 Å². The molecule has 1 rings (SSSR count). The predicted molar refractivity (Wildman–Crippen MR) is 49.9 cm³/mol. The monoisotopic (exact) mass is 180 g/mol. The lowest BCUT2D eigenvalue weighted by atomic mass is 10.2. The number of carbonyl (C=O) groups excluding carboxylic acids is 1. The van der Waals surface area contributed by atoms with Crippen LogP contribution in [0, 0.1) is 6.92 Å². The van der Waals surface area contributed by atoms with Crippen LogP contribution in [-0.4, -0.2) is 12.5 Å². The number of rotatable bonds is 3. The Hall–Kier alpha value is -1.39. The lowest BCUT2D eigenvalue weighted by Crippen LogP contribution is -2.20. The van der Waals surface area contributed by atoms with E-state index in [2.05, 4.69) is 10.2 Å². The number of nitrogens with two attached hydrogens (primary N) is 1. The van der Waals surface area contributed by atoms with Crippen molar-refractivity contribution in [2.45, 2.75) is 6.92 Å². The summed E-state index contributed by atoms with van der Waals surface area (Å²) in [5.74, 6) is 4.49. The molecular weight excluding hydrogens is 168 g/mol. The van der Waals surface area contributed by atoms with Gasteiger partial charge in [-0.2, -0.15) is 0 Å². The van der Waals surface area contributed by atoms with Gasteiger partial charge >= 0.3 is 0 Å². The molecule has 0 bridgehead atoms. The fourth-order valence-electron chi connectivity index (χ4n) is 0.910. The second kappa shape index (κ2) is 4.59. The summed E-state index contributed by atoms with van der Waals surface area (Å²) >= 11 is 0. The number of nitrogens with one attached hydrogen (secondary N) is 1. The van der Waals surface area contributed by atoms with Crippen LogP contribution in [0.4, 0.5) is 5.69 Å². The van der Waals surface area contributed by atoms with Gasteiger partial charge in [0.1, 0.15) is 6.61 Å². The normalized spacial score (nSPS) is 9.69. The zero-order chi connectivity index (χ0) is 9.68. The lowest BCUT2D eigenvalue weighted by molar-refractivity contribution is -0.120. The molecule has 0 saturated carbocycles. The van der Waals surface area contributed by atoms with E-state index in [1.54, 1.807) is 0 Å². The van der Waals surface area contributed by atoms with Crippen LogP contribution in [0.1, 0.15) is 5.56 Å². The Bertz CT molecular complexity index is 282. The number of amides is 1. The highest BCUT2D eigenvalue weighted by molar-refractivity contribution is 5.91. The minimum absolute atomic E-state index is 0.131. The van der Waals surface area contributed by atoms with Crippen molar-refractivity contribution in [2.75, 3.05) is 11.9 Å². The fraction of sp³-hybridized carbons (Fsp3) is 0.222. The number of benzene rings is 1. The zero-order valence-corrected chi connectivity index (χ0v) is 7.41. The van der Waals surface area contributed by atoms with E-state index in [1.807, 2.05) is 31.2 Å². The fourth-order valence-corrected chi connectivity index (χ4v) is 0.910. The predicted octanol–water partition coefficient (Wildman–Crippen LogP) is 0.824. The molecule has 0 aliphatic rings. The summed E-state index contributed by atoms with van der Waals surface area (Å²) in [5, 5.41) is 2.63. The first-order valence-corrected chi connectivity index (χ1v) is 3.90. The van der Waals surface area contributed by atoms with Crippen LogP contribution in [0.2, 0.25) is 0 Å². The molecule has 4 heteroatoms. The largest absolute Gasteiger partial charge is 0.324 e. The van der Waals surface area contributed by atoms with E-state index in [1.165, 1.54) is 0 Å². The minimum atomic E-state index is -0.258. The van der Waals surface area contributed by atoms with E-state index < -0.39 is 0 Å². The molecule has 0 aliphatic carbocycles.